The summed E-state index contributed by atoms with van der Waals surface area (Å²) in [5, 5.41) is 9.29. The third kappa shape index (κ3) is 3.17. The Labute approximate surface area is 140 Å². The molecule has 0 unspecified atom stereocenters. The zero-order valence-corrected chi connectivity index (χ0v) is 13.3. The largest absolute Gasteiger partial charge is 0.508 e. The first-order valence-electron chi connectivity index (χ1n) is 7.29. The number of fused-ring (bicyclic) bond motifs is 1. The number of phenols is 1. The Morgan fingerprint density at radius 1 is 1.08 bits per heavy atom. The molecule has 4 nitrogen and oxygen atoms in total. The Morgan fingerprint density at radius 2 is 1.80 bits per heavy atom. The molecule has 1 heterocycles. The summed E-state index contributed by atoms with van der Waals surface area (Å²) in [5.41, 5.74) is 0.00769. The van der Waals surface area contributed by atoms with Crippen molar-refractivity contribution in [3.63, 3.8) is 0 Å². The SMILES string of the molecule is Cc1ccc(C)c(Oc2c(C(F)(F)F)oc3cc(O)ccc3c2=O)c1. The van der Waals surface area contributed by atoms with Gasteiger partial charge in [-0.2, -0.15) is 13.2 Å². The van der Waals surface area contributed by atoms with Crippen molar-refractivity contribution in [1.82, 2.24) is 0 Å². The van der Waals surface area contributed by atoms with Crippen LogP contribution in [0.4, 0.5) is 13.2 Å². The summed E-state index contributed by atoms with van der Waals surface area (Å²) in [6.07, 6.45) is -4.94. The third-order valence-corrected chi connectivity index (χ3v) is 3.65. The van der Waals surface area contributed by atoms with E-state index >= 15 is 0 Å². The fourth-order valence-corrected chi connectivity index (χ4v) is 2.37. The van der Waals surface area contributed by atoms with E-state index in [2.05, 4.69) is 0 Å². The first kappa shape index (κ1) is 16.9. The maximum Gasteiger partial charge on any atom is 0.453 e. The van der Waals surface area contributed by atoms with Gasteiger partial charge in [-0.1, -0.05) is 12.1 Å². The number of halogens is 3. The van der Waals surface area contributed by atoms with Crippen LogP contribution >= 0.6 is 0 Å². The number of rotatable bonds is 2. The highest BCUT2D eigenvalue weighted by molar-refractivity contribution is 5.79. The average molecular weight is 350 g/mol. The number of hydrogen-bond acceptors (Lipinski definition) is 4. The van der Waals surface area contributed by atoms with Gasteiger partial charge >= 0.3 is 6.18 Å². The quantitative estimate of drug-likeness (QED) is 0.712. The van der Waals surface area contributed by atoms with Gasteiger partial charge in [-0.3, -0.25) is 4.79 Å². The first-order chi connectivity index (χ1) is 11.7. The average Bonchev–Trinajstić information content (AvgIpc) is 2.52. The van der Waals surface area contributed by atoms with E-state index in [4.69, 9.17) is 9.15 Å². The van der Waals surface area contributed by atoms with Crippen molar-refractivity contribution in [2.45, 2.75) is 20.0 Å². The van der Waals surface area contributed by atoms with Crippen molar-refractivity contribution in [3.8, 4) is 17.2 Å². The highest BCUT2D eigenvalue weighted by Gasteiger charge is 2.40. The van der Waals surface area contributed by atoms with Crippen molar-refractivity contribution >= 4 is 11.0 Å². The standard InChI is InChI=1S/C18H13F3O4/c1-9-3-4-10(2)13(7-9)24-16-15(23)12-6-5-11(22)8-14(12)25-17(16)18(19,20)21/h3-8,22H,1-2H3. The molecular formula is C18H13F3O4. The molecule has 0 aliphatic heterocycles. The maximum absolute atomic E-state index is 13.4. The van der Waals surface area contributed by atoms with Crippen molar-refractivity contribution in [3.05, 3.63) is 63.5 Å². The molecule has 3 rings (SSSR count). The second-order valence-electron chi connectivity index (χ2n) is 5.64. The highest BCUT2D eigenvalue weighted by atomic mass is 19.4. The molecule has 0 aliphatic rings. The second kappa shape index (κ2) is 5.84. The molecular weight excluding hydrogens is 337 g/mol. The molecule has 2 aromatic carbocycles. The van der Waals surface area contributed by atoms with E-state index < -0.39 is 23.1 Å². The summed E-state index contributed by atoms with van der Waals surface area (Å²) in [5.74, 6) is -2.65. The van der Waals surface area contributed by atoms with Gasteiger partial charge in [-0.15, -0.1) is 0 Å². The van der Waals surface area contributed by atoms with Gasteiger partial charge in [0.1, 0.15) is 17.1 Å². The summed E-state index contributed by atoms with van der Waals surface area (Å²) in [6.45, 7) is 3.41. The van der Waals surface area contributed by atoms with Crippen LogP contribution in [-0.4, -0.2) is 5.11 Å². The molecule has 0 spiro atoms. The summed E-state index contributed by atoms with van der Waals surface area (Å²) >= 11 is 0. The predicted octanol–water partition coefficient (Wildman–Crippen LogP) is 4.93. The predicted molar refractivity (Wildman–Crippen MR) is 85.1 cm³/mol. The lowest BCUT2D eigenvalue weighted by Gasteiger charge is -2.14. The monoisotopic (exact) mass is 350 g/mol. The van der Waals surface area contributed by atoms with Crippen LogP contribution in [0.3, 0.4) is 0 Å². The molecule has 0 saturated carbocycles. The van der Waals surface area contributed by atoms with Crippen LogP contribution in [0.25, 0.3) is 11.0 Å². The molecule has 0 bridgehead atoms. The fourth-order valence-electron chi connectivity index (χ4n) is 2.37. The minimum atomic E-state index is -4.94. The van der Waals surface area contributed by atoms with Gasteiger partial charge < -0.3 is 14.3 Å². The summed E-state index contributed by atoms with van der Waals surface area (Å²) in [4.78, 5) is 12.5. The number of alkyl halides is 3. The van der Waals surface area contributed by atoms with Crippen molar-refractivity contribution in [2.24, 2.45) is 0 Å². The Kier molecular flexibility index (Phi) is 3.94. The van der Waals surface area contributed by atoms with Gasteiger partial charge in [0.15, 0.2) is 0 Å². The number of aryl methyl sites for hydroxylation is 2. The fraction of sp³-hybridized carbons (Fsp3) is 0.167. The molecule has 0 amide bonds. The molecule has 0 atom stereocenters. The van der Waals surface area contributed by atoms with E-state index in [1.54, 1.807) is 26.0 Å². The van der Waals surface area contributed by atoms with E-state index in [1.807, 2.05) is 0 Å². The van der Waals surface area contributed by atoms with E-state index in [0.29, 0.717) is 5.56 Å². The molecule has 0 saturated heterocycles. The van der Waals surface area contributed by atoms with Gasteiger partial charge in [-0.25, -0.2) is 0 Å². The second-order valence-corrected chi connectivity index (χ2v) is 5.64. The lowest BCUT2D eigenvalue weighted by Crippen LogP contribution is -2.15. The van der Waals surface area contributed by atoms with E-state index in [9.17, 15) is 23.1 Å². The summed E-state index contributed by atoms with van der Waals surface area (Å²) in [7, 11) is 0. The zero-order chi connectivity index (χ0) is 18.4. The number of phenolic OH excluding ortho intramolecular Hbond substituents is 1. The molecule has 0 radical (unpaired) electrons. The molecule has 7 heteroatoms. The van der Waals surface area contributed by atoms with Crippen LogP contribution in [0.5, 0.6) is 17.2 Å². The highest BCUT2D eigenvalue weighted by Crippen LogP contribution is 2.39. The van der Waals surface area contributed by atoms with Crippen LogP contribution in [0.1, 0.15) is 16.9 Å². The van der Waals surface area contributed by atoms with Gasteiger partial charge in [0, 0.05) is 6.07 Å². The lowest BCUT2D eigenvalue weighted by atomic mass is 10.1. The molecule has 3 aromatic rings. The van der Waals surface area contributed by atoms with Gasteiger partial charge in [-0.05, 0) is 43.2 Å². The summed E-state index contributed by atoms with van der Waals surface area (Å²) < 4.78 is 50.3. The van der Waals surface area contributed by atoms with Crippen molar-refractivity contribution < 1.29 is 27.4 Å². The molecule has 130 valence electrons. The van der Waals surface area contributed by atoms with E-state index in [-0.39, 0.29) is 22.5 Å². The number of aromatic hydroxyl groups is 1. The maximum atomic E-state index is 13.4. The van der Waals surface area contributed by atoms with Crippen LogP contribution in [0.15, 0.2) is 45.6 Å². The van der Waals surface area contributed by atoms with Gasteiger partial charge in [0.05, 0.1) is 5.39 Å². The number of ether oxygens (including phenoxy) is 1. The third-order valence-electron chi connectivity index (χ3n) is 3.65. The first-order valence-corrected chi connectivity index (χ1v) is 7.29. The smallest absolute Gasteiger partial charge is 0.453 e. The Balaban J connectivity index is 2.29. The Morgan fingerprint density at radius 3 is 2.48 bits per heavy atom. The Bertz CT molecular complexity index is 1020. The molecule has 1 aromatic heterocycles. The van der Waals surface area contributed by atoms with Crippen molar-refractivity contribution in [1.29, 1.82) is 0 Å². The topological polar surface area (TPSA) is 59.7 Å². The minimum Gasteiger partial charge on any atom is -0.508 e. The van der Waals surface area contributed by atoms with Gasteiger partial charge in [0.25, 0.3) is 5.76 Å². The molecule has 0 fully saturated rings. The molecule has 1 N–H and O–H groups in total. The number of hydrogen-bond donors (Lipinski definition) is 1. The van der Waals surface area contributed by atoms with Crippen LogP contribution in [-0.2, 0) is 6.18 Å². The molecule has 25 heavy (non-hydrogen) atoms. The van der Waals surface area contributed by atoms with E-state index in [1.165, 1.54) is 18.2 Å². The Hall–Kier alpha value is -2.96. The van der Waals surface area contributed by atoms with Crippen LogP contribution in [0.2, 0.25) is 0 Å². The number of benzene rings is 2. The van der Waals surface area contributed by atoms with Gasteiger partial charge in [0.2, 0.25) is 11.2 Å². The zero-order valence-electron chi connectivity index (χ0n) is 13.3. The summed E-state index contributed by atoms with van der Waals surface area (Å²) in [6, 6.07) is 8.32. The normalized spacial score (nSPS) is 11.7. The minimum absolute atomic E-state index is 0.119. The van der Waals surface area contributed by atoms with Crippen LogP contribution < -0.4 is 10.2 Å². The van der Waals surface area contributed by atoms with Crippen molar-refractivity contribution in [2.75, 3.05) is 0 Å². The van der Waals surface area contributed by atoms with E-state index in [0.717, 1.165) is 11.6 Å². The van der Waals surface area contributed by atoms with Crippen LogP contribution in [0, 0.1) is 13.8 Å². The molecule has 0 aliphatic carbocycles. The lowest BCUT2D eigenvalue weighted by molar-refractivity contribution is -0.154.